The third-order valence-electron chi connectivity index (χ3n) is 3.57. The minimum atomic E-state index is 0.661. The van der Waals surface area contributed by atoms with E-state index in [4.69, 9.17) is 11.6 Å². The fourth-order valence-electron chi connectivity index (χ4n) is 2.59. The van der Waals surface area contributed by atoms with Gasteiger partial charge in [-0.2, -0.15) is 5.10 Å². The summed E-state index contributed by atoms with van der Waals surface area (Å²) in [5, 5.41) is 9.19. The zero-order chi connectivity index (χ0) is 14.4. The zero-order valence-electron chi connectivity index (χ0n) is 11.3. The average Bonchev–Trinajstić information content (AvgIpc) is 3.04. The molecule has 104 valence electrons. The predicted molar refractivity (Wildman–Crippen MR) is 83.8 cm³/mol. The minimum absolute atomic E-state index is 0.661. The lowest BCUT2D eigenvalue weighted by Gasteiger charge is -2.08. The van der Waals surface area contributed by atoms with Gasteiger partial charge in [-0.25, -0.2) is 0 Å². The first-order valence-electron chi connectivity index (χ1n) is 6.59. The number of aryl methyl sites for hydroxylation is 1. The van der Waals surface area contributed by atoms with Crippen LogP contribution in [0.1, 0.15) is 11.3 Å². The van der Waals surface area contributed by atoms with E-state index in [9.17, 15) is 0 Å². The van der Waals surface area contributed by atoms with Crippen molar-refractivity contribution in [2.45, 2.75) is 6.54 Å². The van der Waals surface area contributed by atoms with Crippen LogP contribution in [0.15, 0.2) is 41.7 Å². The largest absolute Gasteiger partial charge is 0.339 e. The first-order valence-corrected chi connectivity index (χ1v) is 6.97. The van der Waals surface area contributed by atoms with Crippen molar-refractivity contribution in [1.29, 1.82) is 0 Å². The Kier molecular flexibility index (Phi) is 2.68. The second-order valence-electron chi connectivity index (χ2n) is 4.97. The Hall–Kier alpha value is -2.40. The van der Waals surface area contributed by atoms with Gasteiger partial charge in [0.1, 0.15) is 5.69 Å². The molecule has 0 saturated carbocycles. The van der Waals surface area contributed by atoms with Crippen LogP contribution < -0.4 is 5.32 Å². The standard InChI is InChI=1S/C15H12ClN5/c1-21-14-10(8-19-21)5-11(6-12(14)16)20-15-13-9(7-18-15)3-2-4-17-13/h2-6,8H,7H2,1H3,(H,18,20). The van der Waals surface area contributed by atoms with Crippen LogP contribution in [0.25, 0.3) is 10.9 Å². The average molecular weight is 298 g/mol. The predicted octanol–water partition coefficient (Wildman–Crippen LogP) is 2.99. The monoisotopic (exact) mass is 297 g/mol. The normalized spacial score (nSPS) is 13.3. The number of rotatable bonds is 1. The smallest absolute Gasteiger partial charge is 0.152 e. The summed E-state index contributed by atoms with van der Waals surface area (Å²) in [5.74, 6) is 0.782. The number of hydrogen-bond acceptors (Lipinski definition) is 4. The Labute approximate surface area is 126 Å². The van der Waals surface area contributed by atoms with Gasteiger partial charge in [-0.15, -0.1) is 0 Å². The van der Waals surface area contributed by atoms with Crippen molar-refractivity contribution in [2.75, 3.05) is 5.32 Å². The number of fused-ring (bicyclic) bond motifs is 2. The van der Waals surface area contributed by atoms with Gasteiger partial charge in [-0.1, -0.05) is 17.7 Å². The number of nitrogens with one attached hydrogen (secondary N) is 1. The van der Waals surface area contributed by atoms with Crippen LogP contribution in [0.5, 0.6) is 0 Å². The highest BCUT2D eigenvalue weighted by Gasteiger charge is 2.17. The van der Waals surface area contributed by atoms with Crippen molar-refractivity contribution in [1.82, 2.24) is 14.8 Å². The molecule has 0 spiro atoms. The maximum atomic E-state index is 6.34. The van der Waals surface area contributed by atoms with E-state index < -0.39 is 0 Å². The molecule has 1 aliphatic rings. The summed E-state index contributed by atoms with van der Waals surface area (Å²) >= 11 is 6.34. The lowest BCUT2D eigenvalue weighted by molar-refractivity contribution is 0.797. The first kappa shape index (κ1) is 12.3. The molecule has 0 saturated heterocycles. The molecule has 0 aliphatic carbocycles. The van der Waals surface area contributed by atoms with Gasteiger partial charge in [-0.3, -0.25) is 14.7 Å². The Balaban J connectivity index is 1.73. The summed E-state index contributed by atoms with van der Waals surface area (Å²) < 4.78 is 1.77. The molecule has 0 atom stereocenters. The van der Waals surface area contributed by atoms with Crippen LogP contribution in [0, 0.1) is 0 Å². The summed E-state index contributed by atoms with van der Waals surface area (Å²) in [7, 11) is 1.88. The summed E-state index contributed by atoms with van der Waals surface area (Å²) in [6, 6.07) is 7.86. The molecule has 0 fully saturated rings. The fourth-order valence-corrected chi connectivity index (χ4v) is 2.94. The van der Waals surface area contributed by atoms with Crippen molar-refractivity contribution >= 4 is 34.0 Å². The number of nitrogens with zero attached hydrogens (tertiary/aromatic N) is 4. The molecular weight excluding hydrogens is 286 g/mol. The highest BCUT2D eigenvalue weighted by molar-refractivity contribution is 6.35. The van der Waals surface area contributed by atoms with E-state index in [1.165, 1.54) is 0 Å². The van der Waals surface area contributed by atoms with Crippen molar-refractivity contribution in [3.8, 4) is 0 Å². The van der Waals surface area contributed by atoms with E-state index in [1.807, 2.05) is 31.3 Å². The van der Waals surface area contributed by atoms with Crippen LogP contribution in [-0.4, -0.2) is 20.6 Å². The molecule has 0 unspecified atom stereocenters. The summed E-state index contributed by atoms with van der Waals surface area (Å²) in [4.78, 5) is 8.88. The van der Waals surface area contributed by atoms with E-state index in [2.05, 4.69) is 20.4 Å². The molecule has 1 N–H and O–H groups in total. The summed E-state index contributed by atoms with van der Waals surface area (Å²) in [6.45, 7) is 0.661. The molecule has 0 bridgehead atoms. The lowest BCUT2D eigenvalue weighted by Crippen LogP contribution is -2.13. The summed E-state index contributed by atoms with van der Waals surface area (Å²) in [5.41, 5.74) is 3.85. The Bertz CT molecular complexity index is 881. The number of aliphatic imine (C=N–C) groups is 1. The van der Waals surface area contributed by atoms with Gasteiger partial charge in [0.15, 0.2) is 5.84 Å². The molecule has 1 aliphatic heterocycles. The first-order chi connectivity index (χ1) is 10.2. The number of hydrogen-bond donors (Lipinski definition) is 1. The summed E-state index contributed by atoms with van der Waals surface area (Å²) in [6.07, 6.45) is 3.58. The van der Waals surface area contributed by atoms with E-state index in [0.29, 0.717) is 11.6 Å². The van der Waals surface area contributed by atoms with Crippen LogP contribution in [0.4, 0.5) is 5.69 Å². The molecule has 2 aromatic heterocycles. The number of aromatic nitrogens is 3. The highest BCUT2D eigenvalue weighted by Crippen LogP contribution is 2.28. The third-order valence-corrected chi connectivity index (χ3v) is 3.86. The molecule has 0 amide bonds. The Morgan fingerprint density at radius 1 is 1.33 bits per heavy atom. The van der Waals surface area contributed by atoms with Crippen LogP contribution in [-0.2, 0) is 13.6 Å². The van der Waals surface area contributed by atoms with Gasteiger partial charge in [0.25, 0.3) is 0 Å². The third kappa shape index (κ3) is 1.97. The van der Waals surface area contributed by atoms with Crippen molar-refractivity contribution in [3.63, 3.8) is 0 Å². The highest BCUT2D eigenvalue weighted by atomic mass is 35.5. The molecule has 4 rings (SSSR count). The van der Waals surface area contributed by atoms with E-state index in [-0.39, 0.29) is 0 Å². The molecular formula is C15H12ClN5. The Morgan fingerprint density at radius 3 is 3.14 bits per heavy atom. The van der Waals surface area contributed by atoms with Gasteiger partial charge in [0.05, 0.1) is 23.3 Å². The van der Waals surface area contributed by atoms with Gasteiger partial charge < -0.3 is 5.32 Å². The quantitative estimate of drug-likeness (QED) is 0.751. The number of anilines is 1. The molecule has 5 nitrogen and oxygen atoms in total. The second-order valence-corrected chi connectivity index (χ2v) is 5.37. The molecule has 0 radical (unpaired) electrons. The van der Waals surface area contributed by atoms with Gasteiger partial charge in [0.2, 0.25) is 0 Å². The number of pyridine rings is 1. The number of amidine groups is 1. The number of halogens is 1. The maximum absolute atomic E-state index is 6.34. The van der Waals surface area contributed by atoms with Crippen molar-refractivity contribution in [3.05, 3.63) is 52.9 Å². The van der Waals surface area contributed by atoms with Gasteiger partial charge in [0, 0.05) is 29.9 Å². The second kappa shape index (κ2) is 4.56. The van der Waals surface area contributed by atoms with Crippen LogP contribution in [0.2, 0.25) is 5.02 Å². The van der Waals surface area contributed by atoms with Crippen molar-refractivity contribution in [2.24, 2.45) is 12.0 Å². The molecule has 6 heteroatoms. The SMILES string of the molecule is Cn1ncc2cc(NC3=NCc4cccnc43)cc(Cl)c21. The van der Waals surface area contributed by atoms with Crippen molar-refractivity contribution < 1.29 is 0 Å². The molecule has 1 aromatic carbocycles. The molecule has 21 heavy (non-hydrogen) atoms. The van der Waals surface area contributed by atoms with E-state index >= 15 is 0 Å². The molecule has 3 aromatic rings. The van der Waals surface area contributed by atoms with E-state index in [1.54, 1.807) is 17.1 Å². The fraction of sp³-hybridized carbons (Fsp3) is 0.133. The lowest BCUT2D eigenvalue weighted by atomic mass is 10.2. The topological polar surface area (TPSA) is 55.1 Å². The van der Waals surface area contributed by atoms with E-state index in [0.717, 1.165) is 33.7 Å². The minimum Gasteiger partial charge on any atom is -0.339 e. The maximum Gasteiger partial charge on any atom is 0.152 e. The van der Waals surface area contributed by atoms with Crippen LogP contribution in [0.3, 0.4) is 0 Å². The zero-order valence-corrected chi connectivity index (χ0v) is 12.1. The Morgan fingerprint density at radius 2 is 2.24 bits per heavy atom. The number of benzene rings is 1. The van der Waals surface area contributed by atoms with Crippen LogP contribution >= 0.6 is 11.6 Å². The van der Waals surface area contributed by atoms with Gasteiger partial charge >= 0.3 is 0 Å². The molecule has 3 heterocycles. The van der Waals surface area contributed by atoms with Gasteiger partial charge in [-0.05, 0) is 18.2 Å².